The first kappa shape index (κ1) is 27.9. The number of hydrogen-bond donors (Lipinski definition) is 1. The molecule has 0 amide bonds. The van der Waals surface area contributed by atoms with Crippen LogP contribution in [0, 0.1) is 18.6 Å². The van der Waals surface area contributed by atoms with E-state index in [1.54, 1.807) is 22.9 Å². The van der Waals surface area contributed by atoms with Crippen LogP contribution in [0.25, 0.3) is 11.3 Å². The maximum Gasteiger partial charge on any atom is 0.194 e. The molecule has 1 N–H and O–H groups in total. The molecule has 1 aliphatic rings. The Kier molecular flexibility index (Phi) is 8.84. The molecule has 1 saturated heterocycles. The lowest BCUT2D eigenvalue weighted by molar-refractivity contribution is -0.163. The fourth-order valence-electron chi connectivity index (χ4n) is 4.52. The van der Waals surface area contributed by atoms with E-state index in [0.717, 1.165) is 55.5 Å². The SMILES string of the molecule is Cc1ccc(-c2cn(CCCOC3CCCCO3)nn2)cc1C(=O)c1ccc(Nc2ccc(F)cc2F)cc1Cl. The third kappa shape index (κ3) is 6.72. The number of halogens is 3. The van der Waals surface area contributed by atoms with Crippen LogP contribution in [-0.2, 0) is 16.0 Å². The van der Waals surface area contributed by atoms with Crippen LogP contribution < -0.4 is 5.32 Å². The van der Waals surface area contributed by atoms with Crippen molar-refractivity contribution in [1.29, 1.82) is 0 Å². The molecule has 0 saturated carbocycles. The summed E-state index contributed by atoms with van der Waals surface area (Å²) in [6, 6.07) is 13.5. The molecule has 0 bridgehead atoms. The minimum atomic E-state index is -0.733. The average molecular weight is 567 g/mol. The molecule has 7 nitrogen and oxygen atoms in total. The zero-order valence-corrected chi connectivity index (χ0v) is 22.8. The molecule has 40 heavy (non-hydrogen) atoms. The van der Waals surface area contributed by atoms with Crippen LogP contribution in [0.3, 0.4) is 0 Å². The van der Waals surface area contributed by atoms with E-state index in [4.69, 9.17) is 21.1 Å². The third-order valence-electron chi connectivity index (χ3n) is 6.71. The molecule has 1 aromatic heterocycles. The Bertz CT molecular complexity index is 1500. The Hall–Kier alpha value is -3.66. The maximum atomic E-state index is 14.0. The van der Waals surface area contributed by atoms with Gasteiger partial charge in [-0.1, -0.05) is 28.9 Å². The molecule has 0 aliphatic carbocycles. The van der Waals surface area contributed by atoms with E-state index in [9.17, 15) is 13.6 Å². The van der Waals surface area contributed by atoms with Gasteiger partial charge >= 0.3 is 0 Å². The topological polar surface area (TPSA) is 78.3 Å². The molecule has 1 unspecified atom stereocenters. The first-order valence-electron chi connectivity index (χ1n) is 13.2. The summed E-state index contributed by atoms with van der Waals surface area (Å²) in [5.41, 5.74) is 3.54. The minimum Gasteiger partial charge on any atom is -0.353 e. The first-order valence-corrected chi connectivity index (χ1v) is 13.6. The summed E-state index contributed by atoms with van der Waals surface area (Å²) in [5.74, 6) is -1.65. The Morgan fingerprint density at radius 1 is 1.12 bits per heavy atom. The van der Waals surface area contributed by atoms with Crippen LogP contribution in [0.2, 0.25) is 5.02 Å². The summed E-state index contributed by atoms with van der Waals surface area (Å²) in [7, 11) is 0. The second kappa shape index (κ2) is 12.7. The maximum absolute atomic E-state index is 14.0. The van der Waals surface area contributed by atoms with Crippen molar-refractivity contribution in [3.05, 3.63) is 94.1 Å². The Morgan fingerprint density at radius 2 is 2.00 bits per heavy atom. The van der Waals surface area contributed by atoms with Crippen molar-refractivity contribution >= 4 is 28.8 Å². The van der Waals surface area contributed by atoms with E-state index >= 15 is 0 Å². The van der Waals surface area contributed by atoms with Gasteiger partial charge in [-0.25, -0.2) is 8.78 Å². The molecule has 1 atom stereocenters. The van der Waals surface area contributed by atoms with Gasteiger partial charge in [-0.2, -0.15) is 0 Å². The van der Waals surface area contributed by atoms with E-state index in [1.165, 1.54) is 12.1 Å². The number of anilines is 2. The molecule has 0 spiro atoms. The fraction of sp³-hybridized carbons (Fsp3) is 0.300. The average Bonchev–Trinajstić information content (AvgIpc) is 3.42. The summed E-state index contributed by atoms with van der Waals surface area (Å²) in [6.07, 6.45) is 5.67. The van der Waals surface area contributed by atoms with Gasteiger partial charge in [0.2, 0.25) is 0 Å². The second-order valence-electron chi connectivity index (χ2n) is 9.69. The smallest absolute Gasteiger partial charge is 0.194 e. The standard InChI is InChI=1S/C30H29ClF2N4O3/c1-19-6-7-20(28-18-37(36-35-28)12-4-14-40-29-5-2-3-13-39-29)15-24(19)30(38)23-10-9-22(17-25(23)31)34-27-11-8-21(32)16-26(27)33/h6-11,15-18,29,34H,2-5,12-14H2,1H3. The van der Waals surface area contributed by atoms with Crippen molar-refractivity contribution in [3.8, 4) is 11.3 Å². The van der Waals surface area contributed by atoms with Crippen molar-refractivity contribution in [3.63, 3.8) is 0 Å². The number of aromatic nitrogens is 3. The van der Waals surface area contributed by atoms with Crippen LogP contribution in [-0.4, -0.2) is 40.3 Å². The molecule has 3 aromatic carbocycles. The molecular formula is C30H29ClF2N4O3. The van der Waals surface area contributed by atoms with Crippen molar-refractivity contribution in [2.45, 2.75) is 45.4 Å². The minimum absolute atomic E-state index is 0.0962. The summed E-state index contributed by atoms with van der Waals surface area (Å²) >= 11 is 6.47. The van der Waals surface area contributed by atoms with E-state index in [2.05, 4.69) is 15.6 Å². The number of rotatable bonds is 10. The summed E-state index contributed by atoms with van der Waals surface area (Å²) < 4.78 is 40.4. The van der Waals surface area contributed by atoms with Gasteiger partial charge in [0.25, 0.3) is 0 Å². The van der Waals surface area contributed by atoms with Gasteiger partial charge in [-0.05, 0) is 74.6 Å². The number of hydrogen-bond acceptors (Lipinski definition) is 6. The highest BCUT2D eigenvalue weighted by Gasteiger charge is 2.18. The van der Waals surface area contributed by atoms with E-state index in [-0.39, 0.29) is 22.8 Å². The summed E-state index contributed by atoms with van der Waals surface area (Å²) in [6.45, 7) is 3.84. The largest absolute Gasteiger partial charge is 0.353 e. The highest BCUT2D eigenvalue weighted by Crippen LogP contribution is 2.29. The summed E-state index contributed by atoms with van der Waals surface area (Å²) in [5, 5.41) is 11.6. The quantitative estimate of drug-likeness (QED) is 0.163. The number of nitrogens with zero attached hydrogens (tertiary/aromatic N) is 3. The fourth-order valence-corrected chi connectivity index (χ4v) is 4.78. The molecule has 2 heterocycles. The van der Waals surface area contributed by atoms with Crippen LogP contribution >= 0.6 is 11.6 Å². The summed E-state index contributed by atoms with van der Waals surface area (Å²) in [4.78, 5) is 13.5. The van der Waals surface area contributed by atoms with Crippen molar-refractivity contribution < 1.29 is 23.0 Å². The van der Waals surface area contributed by atoms with Gasteiger partial charge in [-0.15, -0.1) is 5.10 Å². The van der Waals surface area contributed by atoms with Crippen LogP contribution in [0.4, 0.5) is 20.2 Å². The Morgan fingerprint density at radius 3 is 2.77 bits per heavy atom. The van der Waals surface area contributed by atoms with Crippen molar-refractivity contribution in [2.24, 2.45) is 0 Å². The number of carbonyl (C=O) groups is 1. The van der Waals surface area contributed by atoms with Crippen molar-refractivity contribution in [1.82, 2.24) is 15.0 Å². The molecule has 208 valence electrons. The van der Waals surface area contributed by atoms with Gasteiger partial charge in [-0.3, -0.25) is 9.48 Å². The third-order valence-corrected chi connectivity index (χ3v) is 7.03. The van der Waals surface area contributed by atoms with Crippen LogP contribution in [0.5, 0.6) is 0 Å². The normalized spacial score (nSPS) is 15.2. The lowest BCUT2D eigenvalue weighted by Crippen LogP contribution is -2.23. The van der Waals surface area contributed by atoms with Crippen molar-refractivity contribution in [2.75, 3.05) is 18.5 Å². The molecule has 0 radical (unpaired) electrons. The number of aryl methyl sites for hydroxylation is 2. The highest BCUT2D eigenvalue weighted by molar-refractivity contribution is 6.35. The van der Waals surface area contributed by atoms with E-state index in [0.29, 0.717) is 35.7 Å². The zero-order chi connectivity index (χ0) is 28.1. The van der Waals surface area contributed by atoms with Gasteiger partial charge in [0, 0.05) is 41.6 Å². The van der Waals surface area contributed by atoms with Gasteiger partial charge in [0.1, 0.15) is 17.3 Å². The predicted octanol–water partition coefficient (Wildman–Crippen LogP) is 7.09. The second-order valence-corrected chi connectivity index (χ2v) is 10.1. The molecule has 1 aliphatic heterocycles. The number of carbonyl (C=O) groups excluding carboxylic acids is 1. The lowest BCUT2D eigenvalue weighted by Gasteiger charge is -2.22. The van der Waals surface area contributed by atoms with Gasteiger partial charge < -0.3 is 14.8 Å². The zero-order valence-electron chi connectivity index (χ0n) is 22.0. The number of ketones is 1. The monoisotopic (exact) mass is 566 g/mol. The van der Waals surface area contributed by atoms with Gasteiger partial charge in [0.15, 0.2) is 12.1 Å². The number of ether oxygens (including phenoxy) is 2. The Labute approximate surface area is 236 Å². The van der Waals surface area contributed by atoms with Crippen LogP contribution in [0.15, 0.2) is 60.8 Å². The highest BCUT2D eigenvalue weighted by atomic mass is 35.5. The Balaban J connectivity index is 1.25. The first-order chi connectivity index (χ1) is 19.4. The molecule has 10 heteroatoms. The predicted molar refractivity (Wildman–Crippen MR) is 149 cm³/mol. The van der Waals surface area contributed by atoms with E-state index in [1.807, 2.05) is 25.3 Å². The number of nitrogens with one attached hydrogen (secondary N) is 1. The lowest BCUT2D eigenvalue weighted by atomic mass is 9.96. The molecule has 5 rings (SSSR count). The van der Waals surface area contributed by atoms with Gasteiger partial charge in [0.05, 0.1) is 23.5 Å². The number of benzene rings is 3. The molecular weight excluding hydrogens is 538 g/mol. The molecule has 1 fully saturated rings. The van der Waals surface area contributed by atoms with Crippen LogP contribution in [0.1, 0.15) is 47.2 Å². The molecule has 4 aromatic rings. The van der Waals surface area contributed by atoms with E-state index < -0.39 is 11.6 Å².